The van der Waals surface area contributed by atoms with E-state index in [4.69, 9.17) is 4.74 Å². The van der Waals surface area contributed by atoms with Crippen LogP contribution in [-0.4, -0.2) is 38.4 Å². The van der Waals surface area contributed by atoms with Crippen molar-refractivity contribution in [3.8, 4) is 0 Å². The Morgan fingerprint density at radius 2 is 2.00 bits per heavy atom. The molecule has 1 saturated heterocycles. The van der Waals surface area contributed by atoms with Gasteiger partial charge in [0.25, 0.3) is 0 Å². The molecule has 2 saturated carbocycles. The molecule has 4 atom stereocenters. The van der Waals surface area contributed by atoms with Gasteiger partial charge in [0.15, 0.2) is 0 Å². The third-order valence-electron chi connectivity index (χ3n) is 6.30. The van der Waals surface area contributed by atoms with Crippen LogP contribution in [0.2, 0.25) is 0 Å². The largest absolute Gasteiger partial charge is 0.378 e. The maximum atomic E-state index is 12.6. The first-order valence-electron chi connectivity index (χ1n) is 9.70. The lowest BCUT2D eigenvalue weighted by atomic mass is 9.84. The summed E-state index contributed by atoms with van der Waals surface area (Å²) in [7, 11) is 0. The zero-order chi connectivity index (χ0) is 17.2. The van der Waals surface area contributed by atoms with Gasteiger partial charge in [0.2, 0.25) is 0 Å². The third-order valence-corrected chi connectivity index (χ3v) is 6.30. The number of ether oxygens (including phenoxy) is 1. The van der Waals surface area contributed by atoms with Gasteiger partial charge in [0.05, 0.1) is 24.6 Å². The van der Waals surface area contributed by atoms with Crippen molar-refractivity contribution >= 4 is 17.4 Å². The molecule has 5 nitrogen and oxygen atoms in total. The lowest BCUT2D eigenvalue weighted by Gasteiger charge is -2.31. The van der Waals surface area contributed by atoms with E-state index in [9.17, 15) is 4.79 Å². The number of amides is 2. The Labute approximate surface area is 150 Å². The van der Waals surface area contributed by atoms with E-state index < -0.39 is 0 Å². The van der Waals surface area contributed by atoms with Crippen LogP contribution in [0, 0.1) is 17.8 Å². The van der Waals surface area contributed by atoms with Crippen LogP contribution >= 0.6 is 0 Å². The quantitative estimate of drug-likeness (QED) is 0.880. The van der Waals surface area contributed by atoms with Crippen molar-refractivity contribution in [3.63, 3.8) is 0 Å². The molecule has 136 valence electrons. The molecule has 1 aliphatic heterocycles. The normalized spacial score (nSPS) is 29.5. The highest BCUT2D eigenvalue weighted by Crippen LogP contribution is 2.49. The van der Waals surface area contributed by atoms with Crippen molar-refractivity contribution in [2.45, 2.75) is 38.6 Å². The summed E-state index contributed by atoms with van der Waals surface area (Å²) < 4.78 is 5.43. The van der Waals surface area contributed by atoms with Gasteiger partial charge in [-0.3, -0.25) is 0 Å². The van der Waals surface area contributed by atoms with Gasteiger partial charge in [-0.1, -0.05) is 18.6 Å². The van der Waals surface area contributed by atoms with Crippen LogP contribution in [0.4, 0.5) is 16.2 Å². The summed E-state index contributed by atoms with van der Waals surface area (Å²) in [5.74, 6) is 2.38. The summed E-state index contributed by atoms with van der Waals surface area (Å²) in [5, 5.41) is 6.27. The molecule has 4 rings (SSSR count). The van der Waals surface area contributed by atoms with Crippen molar-refractivity contribution in [2.24, 2.45) is 17.8 Å². The number of urea groups is 1. The van der Waals surface area contributed by atoms with E-state index in [1.165, 1.54) is 25.7 Å². The van der Waals surface area contributed by atoms with Crippen molar-refractivity contribution in [2.75, 3.05) is 36.5 Å². The average molecular weight is 343 g/mol. The fourth-order valence-electron chi connectivity index (χ4n) is 5.04. The smallest absolute Gasteiger partial charge is 0.319 e. The minimum absolute atomic E-state index is 0.0871. The van der Waals surface area contributed by atoms with Crippen LogP contribution in [0.3, 0.4) is 0 Å². The number of nitrogens with one attached hydrogen (secondary N) is 2. The van der Waals surface area contributed by atoms with Crippen molar-refractivity contribution < 1.29 is 9.53 Å². The highest BCUT2D eigenvalue weighted by atomic mass is 16.5. The highest BCUT2D eigenvalue weighted by Gasteiger charge is 2.42. The summed E-state index contributed by atoms with van der Waals surface area (Å²) in [6.07, 6.45) is 5.41. The molecule has 0 spiro atoms. The predicted octanol–water partition coefficient (Wildman–Crippen LogP) is 3.47. The minimum Gasteiger partial charge on any atom is -0.378 e. The topological polar surface area (TPSA) is 53.6 Å². The summed E-state index contributed by atoms with van der Waals surface area (Å²) in [6, 6.07) is 8.19. The Balaban J connectivity index is 1.37. The lowest BCUT2D eigenvalue weighted by Crippen LogP contribution is -2.42. The number of carbonyl (C=O) groups is 1. The number of hydrogen-bond acceptors (Lipinski definition) is 3. The standard InChI is InChI=1S/C20H29N3O2/c1-14(17-13-15-6-7-16(17)12-15)21-20(24)22-18-4-2-3-5-19(18)23-8-10-25-11-9-23/h2-5,14-17H,6-13H2,1H3,(H2,21,22,24)/t14-,15+,16+,17-/m1/s1. The monoisotopic (exact) mass is 343 g/mol. The number of rotatable bonds is 4. The van der Waals surface area contributed by atoms with E-state index in [1.807, 2.05) is 18.2 Å². The first-order chi connectivity index (χ1) is 12.2. The zero-order valence-electron chi connectivity index (χ0n) is 15.0. The molecule has 2 amide bonds. The third kappa shape index (κ3) is 3.61. The Morgan fingerprint density at radius 3 is 2.72 bits per heavy atom. The average Bonchev–Trinajstić information content (AvgIpc) is 3.26. The van der Waals surface area contributed by atoms with Crippen LogP contribution in [-0.2, 0) is 4.74 Å². The Kier molecular flexibility index (Phi) is 4.84. The van der Waals surface area contributed by atoms with E-state index in [-0.39, 0.29) is 12.1 Å². The number of carbonyl (C=O) groups excluding carboxylic acids is 1. The number of para-hydroxylation sites is 2. The molecule has 1 aromatic carbocycles. The van der Waals surface area contributed by atoms with E-state index >= 15 is 0 Å². The van der Waals surface area contributed by atoms with Crippen LogP contribution in [0.1, 0.15) is 32.6 Å². The molecule has 2 aliphatic carbocycles. The second kappa shape index (κ2) is 7.24. The molecule has 1 heterocycles. The zero-order valence-corrected chi connectivity index (χ0v) is 15.0. The molecule has 1 aromatic rings. The summed E-state index contributed by atoms with van der Waals surface area (Å²) in [4.78, 5) is 14.8. The molecule has 25 heavy (non-hydrogen) atoms. The second-order valence-electron chi connectivity index (χ2n) is 7.84. The first-order valence-corrected chi connectivity index (χ1v) is 9.70. The number of hydrogen-bond donors (Lipinski definition) is 2. The number of morpholine rings is 1. The van der Waals surface area contributed by atoms with E-state index in [0.717, 1.165) is 49.5 Å². The molecule has 2 bridgehead atoms. The lowest BCUT2D eigenvalue weighted by molar-refractivity contribution is 0.123. The van der Waals surface area contributed by atoms with Crippen LogP contribution in [0.5, 0.6) is 0 Å². The minimum atomic E-state index is -0.0871. The number of nitrogens with zero attached hydrogens (tertiary/aromatic N) is 1. The molecular formula is C20H29N3O2. The fourth-order valence-corrected chi connectivity index (χ4v) is 5.04. The number of fused-ring (bicyclic) bond motifs is 2. The van der Waals surface area contributed by atoms with Gasteiger partial charge in [0, 0.05) is 19.1 Å². The molecule has 2 N–H and O–H groups in total. The SMILES string of the molecule is C[C@@H](NC(=O)Nc1ccccc1N1CCOCC1)[C@H]1C[C@H]2CC[C@H]1C2. The fraction of sp³-hybridized carbons (Fsp3) is 0.650. The van der Waals surface area contributed by atoms with Crippen LogP contribution in [0.25, 0.3) is 0 Å². The van der Waals surface area contributed by atoms with Gasteiger partial charge in [0.1, 0.15) is 0 Å². The van der Waals surface area contributed by atoms with Gasteiger partial charge in [-0.25, -0.2) is 4.79 Å². The second-order valence-corrected chi connectivity index (χ2v) is 7.84. The van der Waals surface area contributed by atoms with Crippen molar-refractivity contribution in [1.82, 2.24) is 5.32 Å². The summed E-state index contributed by atoms with van der Waals surface area (Å²) in [6.45, 7) is 5.37. The van der Waals surface area contributed by atoms with E-state index in [1.54, 1.807) is 0 Å². The Hall–Kier alpha value is -1.75. The van der Waals surface area contributed by atoms with E-state index in [2.05, 4.69) is 28.5 Å². The summed E-state index contributed by atoms with van der Waals surface area (Å²) >= 11 is 0. The van der Waals surface area contributed by atoms with E-state index in [0.29, 0.717) is 5.92 Å². The molecule has 5 heteroatoms. The maximum Gasteiger partial charge on any atom is 0.319 e. The van der Waals surface area contributed by atoms with Crippen molar-refractivity contribution in [3.05, 3.63) is 24.3 Å². The first kappa shape index (κ1) is 16.7. The summed E-state index contributed by atoms with van der Waals surface area (Å²) in [5.41, 5.74) is 1.95. The highest BCUT2D eigenvalue weighted by molar-refractivity contribution is 5.93. The number of benzene rings is 1. The molecule has 0 radical (unpaired) electrons. The van der Waals surface area contributed by atoms with Gasteiger partial charge < -0.3 is 20.3 Å². The van der Waals surface area contributed by atoms with Gasteiger partial charge in [-0.15, -0.1) is 0 Å². The maximum absolute atomic E-state index is 12.6. The van der Waals surface area contributed by atoms with Gasteiger partial charge >= 0.3 is 6.03 Å². The predicted molar refractivity (Wildman–Crippen MR) is 100 cm³/mol. The Morgan fingerprint density at radius 1 is 1.20 bits per heavy atom. The van der Waals surface area contributed by atoms with Crippen molar-refractivity contribution in [1.29, 1.82) is 0 Å². The molecule has 0 aromatic heterocycles. The molecule has 3 aliphatic rings. The van der Waals surface area contributed by atoms with Gasteiger partial charge in [-0.05, 0) is 56.1 Å². The van der Waals surface area contributed by atoms with Crippen LogP contribution < -0.4 is 15.5 Å². The van der Waals surface area contributed by atoms with Crippen LogP contribution in [0.15, 0.2) is 24.3 Å². The molecule has 0 unspecified atom stereocenters. The van der Waals surface area contributed by atoms with Gasteiger partial charge in [-0.2, -0.15) is 0 Å². The number of anilines is 2. The molecular weight excluding hydrogens is 314 g/mol. The molecule has 3 fully saturated rings. The Bertz CT molecular complexity index is 615.